The summed E-state index contributed by atoms with van der Waals surface area (Å²) in [5.41, 5.74) is 6.24. The van der Waals surface area contributed by atoms with Crippen LogP contribution < -0.4 is 15.5 Å². The fourth-order valence-corrected chi connectivity index (χ4v) is 3.02. The van der Waals surface area contributed by atoms with Crippen LogP contribution in [0, 0.1) is 13.8 Å². The van der Waals surface area contributed by atoms with Crippen molar-refractivity contribution in [2.24, 2.45) is 5.10 Å². The summed E-state index contributed by atoms with van der Waals surface area (Å²) < 4.78 is 5.33. The molecule has 3 aromatic carbocycles. The number of anilines is 1. The second-order valence-electron chi connectivity index (χ2n) is 7.33. The molecule has 0 heterocycles. The minimum atomic E-state index is -0.886. The number of rotatable bonds is 5. The topological polar surface area (TPSA) is 96.9 Å². The lowest BCUT2D eigenvalue weighted by atomic mass is 10.1. The van der Waals surface area contributed by atoms with E-state index in [4.69, 9.17) is 16.3 Å². The van der Waals surface area contributed by atoms with Gasteiger partial charge in [0.1, 0.15) is 5.75 Å². The Kier molecular flexibility index (Phi) is 7.58. The number of nitrogens with one attached hydrogen (secondary N) is 2. The van der Waals surface area contributed by atoms with Gasteiger partial charge >= 0.3 is 17.8 Å². The van der Waals surface area contributed by atoms with E-state index in [2.05, 4.69) is 15.8 Å². The molecule has 2 N–H and O–H groups in total. The average molecular weight is 464 g/mol. The molecule has 33 heavy (non-hydrogen) atoms. The highest BCUT2D eigenvalue weighted by atomic mass is 35.5. The number of carbonyl (C=O) groups is 3. The zero-order valence-corrected chi connectivity index (χ0v) is 19.1. The van der Waals surface area contributed by atoms with Gasteiger partial charge in [0.25, 0.3) is 0 Å². The van der Waals surface area contributed by atoms with Gasteiger partial charge in [0.05, 0.1) is 11.3 Å². The molecule has 3 rings (SSSR count). The van der Waals surface area contributed by atoms with Gasteiger partial charge in [0.2, 0.25) is 0 Å². The van der Waals surface area contributed by atoms with Crippen molar-refractivity contribution in [1.29, 1.82) is 0 Å². The zero-order valence-electron chi connectivity index (χ0n) is 18.3. The lowest BCUT2D eigenvalue weighted by Crippen LogP contribution is -2.33. The molecule has 3 aromatic rings. The summed E-state index contributed by atoms with van der Waals surface area (Å²) in [7, 11) is 0. The number of nitrogens with zero attached hydrogens (tertiary/aromatic N) is 1. The minimum Gasteiger partial charge on any atom is -0.423 e. The first kappa shape index (κ1) is 23.7. The average Bonchev–Trinajstić information content (AvgIpc) is 2.79. The summed E-state index contributed by atoms with van der Waals surface area (Å²) in [6, 6.07) is 18.5. The monoisotopic (exact) mass is 463 g/mol. The van der Waals surface area contributed by atoms with Crippen LogP contribution in [-0.2, 0) is 9.59 Å². The van der Waals surface area contributed by atoms with Gasteiger partial charge in [-0.2, -0.15) is 5.10 Å². The number of halogens is 1. The highest BCUT2D eigenvalue weighted by molar-refractivity contribution is 6.39. The van der Waals surface area contributed by atoms with Gasteiger partial charge in [-0.15, -0.1) is 0 Å². The molecular weight excluding hydrogens is 442 g/mol. The van der Waals surface area contributed by atoms with E-state index >= 15 is 0 Å². The number of benzene rings is 3. The zero-order chi connectivity index (χ0) is 24.0. The third-order valence-corrected chi connectivity index (χ3v) is 4.98. The quantitative estimate of drug-likeness (QED) is 0.189. The number of aryl methyl sites for hydroxylation is 2. The van der Waals surface area contributed by atoms with E-state index in [0.29, 0.717) is 33.3 Å². The van der Waals surface area contributed by atoms with Gasteiger partial charge in [0, 0.05) is 10.7 Å². The predicted molar refractivity (Wildman–Crippen MR) is 128 cm³/mol. The van der Waals surface area contributed by atoms with Crippen molar-refractivity contribution in [3.63, 3.8) is 0 Å². The molecule has 7 nitrogen and oxygen atoms in total. The van der Waals surface area contributed by atoms with Crippen LogP contribution >= 0.6 is 11.6 Å². The maximum Gasteiger partial charge on any atom is 0.343 e. The standard InChI is InChI=1S/C25H22ClN3O4/c1-15-4-13-22(16(2)14-15)27-23(30)24(31)29-28-17(3)18-7-11-21(12-8-18)33-25(32)19-5-9-20(26)10-6-19/h4-14H,1-3H3,(H,27,30)(H,29,31)/b28-17+. The molecule has 0 aliphatic rings. The molecule has 0 saturated carbocycles. The van der Waals surface area contributed by atoms with Crippen LogP contribution in [0.5, 0.6) is 5.75 Å². The smallest absolute Gasteiger partial charge is 0.343 e. The van der Waals surface area contributed by atoms with Gasteiger partial charge in [-0.05, 0) is 86.5 Å². The maximum atomic E-state index is 12.2. The Labute approximate surface area is 196 Å². The molecule has 0 unspecified atom stereocenters. The van der Waals surface area contributed by atoms with Gasteiger partial charge < -0.3 is 10.1 Å². The Morgan fingerprint density at radius 3 is 2.12 bits per heavy atom. The first-order chi connectivity index (χ1) is 15.7. The van der Waals surface area contributed by atoms with Gasteiger partial charge in [-0.3, -0.25) is 9.59 Å². The number of hydrazone groups is 1. The summed E-state index contributed by atoms with van der Waals surface area (Å²) in [4.78, 5) is 36.4. The predicted octanol–water partition coefficient (Wildman–Crippen LogP) is 4.65. The molecule has 8 heteroatoms. The van der Waals surface area contributed by atoms with Crippen molar-refractivity contribution in [1.82, 2.24) is 5.43 Å². The highest BCUT2D eigenvalue weighted by Gasteiger charge is 2.14. The number of hydrogen-bond donors (Lipinski definition) is 2. The molecular formula is C25H22ClN3O4. The third kappa shape index (κ3) is 6.51. The number of esters is 1. The first-order valence-electron chi connectivity index (χ1n) is 10.0. The highest BCUT2D eigenvalue weighted by Crippen LogP contribution is 2.17. The van der Waals surface area contributed by atoms with Crippen LogP contribution in [-0.4, -0.2) is 23.5 Å². The number of carbonyl (C=O) groups excluding carboxylic acids is 3. The largest absolute Gasteiger partial charge is 0.423 e. The molecule has 0 saturated heterocycles. The molecule has 2 amide bonds. The molecule has 0 spiro atoms. The van der Waals surface area contributed by atoms with Crippen LogP contribution in [0.4, 0.5) is 5.69 Å². The number of ether oxygens (including phenoxy) is 1. The van der Waals surface area contributed by atoms with Crippen LogP contribution in [0.2, 0.25) is 5.02 Å². The molecule has 0 aliphatic heterocycles. The Hall–Kier alpha value is -3.97. The second-order valence-corrected chi connectivity index (χ2v) is 7.77. The number of amides is 2. The summed E-state index contributed by atoms with van der Waals surface area (Å²) in [6.07, 6.45) is 0. The SMILES string of the molecule is C/C(=N\NC(=O)C(=O)Nc1ccc(C)cc1C)c1ccc(OC(=O)c2ccc(Cl)cc2)cc1. The third-order valence-electron chi connectivity index (χ3n) is 4.72. The van der Waals surface area contributed by atoms with Gasteiger partial charge in [-0.1, -0.05) is 29.3 Å². The summed E-state index contributed by atoms with van der Waals surface area (Å²) >= 11 is 5.82. The summed E-state index contributed by atoms with van der Waals surface area (Å²) in [5.74, 6) is -1.86. The second kappa shape index (κ2) is 10.6. The molecule has 0 radical (unpaired) electrons. The lowest BCUT2D eigenvalue weighted by molar-refractivity contribution is -0.136. The number of hydrogen-bond acceptors (Lipinski definition) is 5. The molecule has 0 fully saturated rings. The van der Waals surface area contributed by atoms with Crippen molar-refractivity contribution in [3.8, 4) is 5.75 Å². The van der Waals surface area contributed by atoms with E-state index in [9.17, 15) is 14.4 Å². The summed E-state index contributed by atoms with van der Waals surface area (Å²) in [5, 5.41) is 7.07. The molecule has 0 bridgehead atoms. The molecule has 168 valence electrons. The van der Waals surface area contributed by atoms with E-state index in [0.717, 1.165) is 11.1 Å². The van der Waals surface area contributed by atoms with Crippen LogP contribution in [0.15, 0.2) is 71.8 Å². The Morgan fingerprint density at radius 2 is 1.48 bits per heavy atom. The fourth-order valence-electron chi connectivity index (χ4n) is 2.90. The normalized spacial score (nSPS) is 11.0. The van der Waals surface area contributed by atoms with Crippen molar-refractivity contribution < 1.29 is 19.1 Å². The van der Waals surface area contributed by atoms with E-state index in [-0.39, 0.29) is 0 Å². The lowest BCUT2D eigenvalue weighted by Gasteiger charge is -2.08. The Morgan fingerprint density at radius 1 is 0.848 bits per heavy atom. The first-order valence-corrected chi connectivity index (χ1v) is 10.4. The van der Waals surface area contributed by atoms with Crippen LogP contribution in [0.25, 0.3) is 0 Å². The van der Waals surface area contributed by atoms with Crippen molar-refractivity contribution in [2.45, 2.75) is 20.8 Å². The van der Waals surface area contributed by atoms with Crippen molar-refractivity contribution >= 4 is 40.8 Å². The Balaban J connectivity index is 1.57. The van der Waals surface area contributed by atoms with Gasteiger partial charge in [-0.25, -0.2) is 10.2 Å². The maximum absolute atomic E-state index is 12.2. The van der Waals surface area contributed by atoms with Crippen LogP contribution in [0.1, 0.15) is 34.0 Å². The Bertz CT molecular complexity index is 1220. The van der Waals surface area contributed by atoms with Crippen molar-refractivity contribution in [2.75, 3.05) is 5.32 Å². The van der Waals surface area contributed by atoms with E-state index in [1.54, 1.807) is 61.5 Å². The van der Waals surface area contributed by atoms with Crippen LogP contribution in [0.3, 0.4) is 0 Å². The molecule has 0 aliphatic carbocycles. The minimum absolute atomic E-state index is 0.350. The summed E-state index contributed by atoms with van der Waals surface area (Å²) in [6.45, 7) is 5.47. The van der Waals surface area contributed by atoms with Crippen molar-refractivity contribution in [3.05, 3.63) is 94.0 Å². The fraction of sp³-hybridized carbons (Fsp3) is 0.120. The molecule has 0 aromatic heterocycles. The van der Waals surface area contributed by atoms with E-state index in [1.807, 2.05) is 26.0 Å². The van der Waals surface area contributed by atoms with E-state index < -0.39 is 17.8 Å². The van der Waals surface area contributed by atoms with Gasteiger partial charge in [0.15, 0.2) is 0 Å². The molecule has 0 atom stereocenters. The van der Waals surface area contributed by atoms with E-state index in [1.165, 1.54) is 0 Å².